The number of hydrogen-bond acceptors (Lipinski definition) is 7. The monoisotopic (exact) mass is 385 g/mol. The molecule has 0 saturated carbocycles. The molecule has 1 fully saturated rings. The summed E-state index contributed by atoms with van der Waals surface area (Å²) < 4.78 is 28.2. The van der Waals surface area contributed by atoms with Crippen molar-refractivity contribution in [3.63, 3.8) is 0 Å². The van der Waals surface area contributed by atoms with Crippen LogP contribution in [-0.4, -0.2) is 23.7 Å². The van der Waals surface area contributed by atoms with Crippen LogP contribution in [0.2, 0.25) is 0 Å². The molecule has 1 N–H and O–H groups in total. The van der Waals surface area contributed by atoms with E-state index in [0.29, 0.717) is 0 Å². The van der Waals surface area contributed by atoms with E-state index in [4.69, 9.17) is 14.2 Å². The van der Waals surface area contributed by atoms with Crippen molar-refractivity contribution < 1.29 is 33.0 Å². The Labute approximate surface area is 159 Å². The van der Waals surface area contributed by atoms with Crippen LogP contribution < -0.4 is 10.1 Å². The maximum atomic E-state index is 13.0. The van der Waals surface area contributed by atoms with Crippen LogP contribution in [0.1, 0.15) is 24.2 Å². The van der Waals surface area contributed by atoms with Gasteiger partial charge in [0.1, 0.15) is 11.6 Å². The normalized spacial score (nSPS) is 15.3. The number of halogens is 1. The van der Waals surface area contributed by atoms with E-state index in [1.54, 1.807) is 18.2 Å². The van der Waals surface area contributed by atoms with E-state index in [1.165, 1.54) is 44.2 Å². The number of benzene rings is 2. The van der Waals surface area contributed by atoms with Gasteiger partial charge in [-0.15, -0.1) is 0 Å². The molecule has 2 aromatic rings. The minimum Gasteiger partial charge on any atom is -0.423 e. The molecule has 2 aromatic carbocycles. The lowest BCUT2D eigenvalue weighted by molar-refractivity contribution is -0.222. The van der Waals surface area contributed by atoms with E-state index < -0.39 is 29.5 Å². The molecule has 1 heterocycles. The first-order valence-electron chi connectivity index (χ1n) is 8.25. The summed E-state index contributed by atoms with van der Waals surface area (Å²) in [5, 5.41) is 2.72. The summed E-state index contributed by atoms with van der Waals surface area (Å²) in [5.41, 5.74) is 0.0788. The van der Waals surface area contributed by atoms with E-state index in [9.17, 15) is 18.8 Å². The van der Waals surface area contributed by atoms with E-state index in [1.807, 2.05) is 0 Å². The van der Waals surface area contributed by atoms with E-state index in [2.05, 4.69) is 5.32 Å². The number of esters is 3. The number of rotatable bonds is 4. The maximum absolute atomic E-state index is 13.0. The Hall–Kier alpha value is -3.68. The second-order valence-electron chi connectivity index (χ2n) is 6.27. The maximum Gasteiger partial charge on any atom is 0.350 e. The lowest BCUT2D eigenvalue weighted by Crippen LogP contribution is -2.42. The summed E-state index contributed by atoms with van der Waals surface area (Å²) in [5.74, 6) is -4.03. The van der Waals surface area contributed by atoms with Gasteiger partial charge in [-0.1, -0.05) is 12.1 Å². The van der Waals surface area contributed by atoms with Crippen LogP contribution in [0.3, 0.4) is 0 Å². The molecule has 3 rings (SSSR count). The summed E-state index contributed by atoms with van der Waals surface area (Å²) in [4.78, 5) is 36.4. The molecular formula is C20H16FNO6. The molecule has 1 aliphatic heterocycles. The van der Waals surface area contributed by atoms with Gasteiger partial charge in [0.15, 0.2) is 5.57 Å². The van der Waals surface area contributed by atoms with Crippen LogP contribution in [0, 0.1) is 5.82 Å². The van der Waals surface area contributed by atoms with Crippen molar-refractivity contribution >= 4 is 23.6 Å². The minimum absolute atomic E-state index is 0.140. The largest absolute Gasteiger partial charge is 0.423 e. The van der Waals surface area contributed by atoms with Crippen LogP contribution in [0.15, 0.2) is 60.3 Å². The predicted molar refractivity (Wildman–Crippen MR) is 95.8 cm³/mol. The van der Waals surface area contributed by atoms with Gasteiger partial charge in [0.25, 0.3) is 5.79 Å². The van der Waals surface area contributed by atoms with Crippen LogP contribution >= 0.6 is 0 Å². The first-order valence-corrected chi connectivity index (χ1v) is 8.25. The van der Waals surface area contributed by atoms with Gasteiger partial charge in [-0.2, -0.15) is 0 Å². The fraction of sp³-hybridized carbons (Fsp3) is 0.150. The quantitative estimate of drug-likeness (QED) is 0.374. The number of anilines is 1. The van der Waals surface area contributed by atoms with Crippen molar-refractivity contribution in [3.05, 3.63) is 71.7 Å². The smallest absolute Gasteiger partial charge is 0.350 e. The molecule has 7 nitrogen and oxygen atoms in total. The first kappa shape index (κ1) is 19.1. The van der Waals surface area contributed by atoms with E-state index in [-0.39, 0.29) is 22.6 Å². The Morgan fingerprint density at radius 1 is 1.04 bits per heavy atom. The van der Waals surface area contributed by atoms with Gasteiger partial charge in [0.05, 0.1) is 11.3 Å². The topological polar surface area (TPSA) is 90.9 Å². The Morgan fingerprint density at radius 3 is 2.29 bits per heavy atom. The van der Waals surface area contributed by atoms with Gasteiger partial charge in [-0.3, -0.25) is 0 Å². The number of carbonyl (C=O) groups excluding carboxylic acids is 3. The number of para-hydroxylation sites is 1. The molecule has 0 unspecified atom stereocenters. The zero-order valence-electron chi connectivity index (χ0n) is 15.0. The zero-order chi connectivity index (χ0) is 20.3. The average Bonchev–Trinajstić information content (AvgIpc) is 2.62. The second-order valence-corrected chi connectivity index (χ2v) is 6.27. The molecule has 0 spiro atoms. The van der Waals surface area contributed by atoms with Gasteiger partial charge >= 0.3 is 17.9 Å². The fourth-order valence-corrected chi connectivity index (χ4v) is 2.38. The Balaban J connectivity index is 1.79. The SMILES string of the molecule is CC1(C)OC(=O)C(=CNc2ccccc2C(=O)Oc2ccc(F)cc2)C(=O)O1. The van der Waals surface area contributed by atoms with Crippen molar-refractivity contribution in [2.45, 2.75) is 19.6 Å². The molecule has 1 aliphatic rings. The van der Waals surface area contributed by atoms with Crippen molar-refractivity contribution in [2.24, 2.45) is 0 Å². The van der Waals surface area contributed by atoms with Gasteiger partial charge in [-0.25, -0.2) is 18.8 Å². The third kappa shape index (κ3) is 4.35. The van der Waals surface area contributed by atoms with Crippen LogP contribution in [0.4, 0.5) is 10.1 Å². The molecule has 0 atom stereocenters. The average molecular weight is 385 g/mol. The predicted octanol–water partition coefficient (Wildman–Crippen LogP) is 3.18. The molecule has 0 radical (unpaired) electrons. The fourth-order valence-electron chi connectivity index (χ4n) is 2.38. The van der Waals surface area contributed by atoms with Crippen LogP contribution in [0.5, 0.6) is 5.75 Å². The van der Waals surface area contributed by atoms with Crippen molar-refractivity contribution in [1.29, 1.82) is 0 Å². The highest BCUT2D eigenvalue weighted by molar-refractivity contribution is 6.15. The number of hydrogen-bond donors (Lipinski definition) is 1. The standard InChI is InChI=1S/C20H16FNO6/c1-20(2)27-18(24)15(19(25)28-20)11-22-16-6-4-3-5-14(16)17(23)26-13-9-7-12(21)8-10-13/h3-11,22H,1-2H3. The Kier molecular flexibility index (Phi) is 5.12. The minimum atomic E-state index is -1.34. The van der Waals surface area contributed by atoms with Crippen LogP contribution in [0.25, 0.3) is 0 Å². The van der Waals surface area contributed by atoms with E-state index in [0.717, 1.165) is 6.20 Å². The lowest BCUT2D eigenvalue weighted by Gasteiger charge is -2.29. The number of carbonyl (C=O) groups is 3. The van der Waals surface area contributed by atoms with Gasteiger partial charge in [0, 0.05) is 20.0 Å². The van der Waals surface area contributed by atoms with Crippen molar-refractivity contribution in [2.75, 3.05) is 5.32 Å². The first-order chi connectivity index (χ1) is 13.2. The molecule has 0 amide bonds. The second kappa shape index (κ2) is 7.51. The number of ether oxygens (including phenoxy) is 3. The Bertz CT molecular complexity index is 943. The molecule has 144 valence electrons. The molecule has 28 heavy (non-hydrogen) atoms. The summed E-state index contributed by atoms with van der Waals surface area (Å²) in [6.45, 7) is 2.88. The highest BCUT2D eigenvalue weighted by Crippen LogP contribution is 2.24. The molecule has 1 saturated heterocycles. The number of nitrogens with one attached hydrogen (secondary N) is 1. The van der Waals surface area contributed by atoms with Crippen molar-refractivity contribution in [3.8, 4) is 5.75 Å². The van der Waals surface area contributed by atoms with Crippen LogP contribution in [-0.2, 0) is 19.1 Å². The molecular weight excluding hydrogens is 369 g/mol. The molecule has 8 heteroatoms. The highest BCUT2D eigenvalue weighted by atomic mass is 19.1. The highest BCUT2D eigenvalue weighted by Gasteiger charge is 2.39. The molecule has 0 aromatic heterocycles. The van der Waals surface area contributed by atoms with Gasteiger partial charge < -0.3 is 19.5 Å². The molecule has 0 bridgehead atoms. The number of cyclic esters (lactones) is 2. The third-order valence-electron chi connectivity index (χ3n) is 3.66. The lowest BCUT2D eigenvalue weighted by atomic mass is 10.1. The van der Waals surface area contributed by atoms with Crippen molar-refractivity contribution in [1.82, 2.24) is 0 Å². The zero-order valence-corrected chi connectivity index (χ0v) is 15.0. The summed E-state index contributed by atoms with van der Waals surface area (Å²) in [7, 11) is 0. The van der Waals surface area contributed by atoms with Gasteiger partial charge in [0.2, 0.25) is 0 Å². The van der Waals surface area contributed by atoms with E-state index >= 15 is 0 Å². The van der Waals surface area contributed by atoms with Gasteiger partial charge in [-0.05, 0) is 36.4 Å². The molecule has 0 aliphatic carbocycles. The summed E-state index contributed by atoms with van der Waals surface area (Å²) in [6, 6.07) is 11.3. The Morgan fingerprint density at radius 2 is 1.64 bits per heavy atom. The third-order valence-corrected chi connectivity index (χ3v) is 3.66. The summed E-state index contributed by atoms with van der Waals surface area (Å²) in [6.07, 6.45) is 1.10. The summed E-state index contributed by atoms with van der Waals surface area (Å²) >= 11 is 0.